The first-order chi connectivity index (χ1) is 6.56. The van der Waals surface area contributed by atoms with Crippen molar-refractivity contribution in [1.29, 1.82) is 5.26 Å². The third-order valence-electron chi connectivity index (χ3n) is 1.84. The fourth-order valence-electron chi connectivity index (χ4n) is 1.15. The summed E-state index contributed by atoms with van der Waals surface area (Å²) in [5.41, 5.74) is 1.76. The molecular formula is C11H9NO2. The molecule has 1 aromatic rings. The molecule has 1 N–H and O–H groups in total. The molecule has 70 valence electrons. The van der Waals surface area contributed by atoms with Crippen molar-refractivity contribution in [3.05, 3.63) is 41.5 Å². The number of hydrogen-bond acceptors (Lipinski definition) is 2. The van der Waals surface area contributed by atoms with Crippen molar-refractivity contribution >= 4 is 11.5 Å². The zero-order valence-electron chi connectivity index (χ0n) is 7.74. The molecule has 3 nitrogen and oxygen atoms in total. The van der Waals surface area contributed by atoms with Gasteiger partial charge >= 0.3 is 5.97 Å². The Hall–Kier alpha value is -2.08. The lowest BCUT2D eigenvalue weighted by Crippen LogP contribution is -2.01. The number of nitrogens with zero attached hydrogens (tertiary/aromatic N) is 1. The van der Waals surface area contributed by atoms with Crippen LogP contribution < -0.4 is 0 Å². The van der Waals surface area contributed by atoms with Gasteiger partial charge in [-0.1, -0.05) is 12.2 Å². The predicted octanol–water partition coefficient (Wildman–Crippen LogP) is 2.29. The van der Waals surface area contributed by atoms with Crippen molar-refractivity contribution in [2.45, 2.75) is 6.92 Å². The highest BCUT2D eigenvalue weighted by molar-refractivity contribution is 5.93. The summed E-state index contributed by atoms with van der Waals surface area (Å²) >= 11 is 0. The van der Waals surface area contributed by atoms with Crippen molar-refractivity contribution in [2.24, 2.45) is 0 Å². The fourth-order valence-corrected chi connectivity index (χ4v) is 1.15. The van der Waals surface area contributed by atoms with Gasteiger partial charge in [0.25, 0.3) is 0 Å². The number of rotatable bonds is 2. The number of carboxylic acids is 1. The molecule has 1 aromatic carbocycles. The molecule has 0 fully saturated rings. The van der Waals surface area contributed by atoms with E-state index in [9.17, 15) is 4.79 Å². The van der Waals surface area contributed by atoms with Crippen LogP contribution in [0.4, 0.5) is 0 Å². The third kappa shape index (κ3) is 1.80. The number of carboxylic acid groups (broad SMARTS) is 1. The number of allylic oxidation sites excluding steroid dienone is 1. The molecule has 0 spiro atoms. The Labute approximate surface area is 81.9 Å². The standard InChI is InChI=1S/C11H9NO2/c1-7(2)10-5-8(6-12)3-4-9(10)11(13)14/h3-5H,1H2,2H3,(H,13,14). The van der Waals surface area contributed by atoms with Gasteiger partial charge in [-0.3, -0.25) is 0 Å². The summed E-state index contributed by atoms with van der Waals surface area (Å²) in [4.78, 5) is 10.8. The summed E-state index contributed by atoms with van der Waals surface area (Å²) in [6.07, 6.45) is 0. The van der Waals surface area contributed by atoms with Crippen LogP contribution in [0.25, 0.3) is 5.57 Å². The summed E-state index contributed by atoms with van der Waals surface area (Å²) in [5.74, 6) is -1.01. The first kappa shape index (κ1) is 10.0. The average Bonchev–Trinajstić information content (AvgIpc) is 2.16. The molecule has 0 atom stereocenters. The third-order valence-corrected chi connectivity index (χ3v) is 1.84. The number of aromatic carboxylic acids is 1. The highest BCUT2D eigenvalue weighted by atomic mass is 16.4. The van der Waals surface area contributed by atoms with Crippen molar-refractivity contribution in [2.75, 3.05) is 0 Å². The molecule has 0 amide bonds. The Morgan fingerprint density at radius 2 is 2.14 bits per heavy atom. The molecule has 0 aromatic heterocycles. The number of nitriles is 1. The maximum atomic E-state index is 10.8. The molecule has 0 unspecified atom stereocenters. The first-order valence-electron chi connectivity index (χ1n) is 3.99. The molecule has 3 heteroatoms. The van der Waals surface area contributed by atoms with E-state index >= 15 is 0 Å². The van der Waals surface area contributed by atoms with Gasteiger partial charge in [-0.15, -0.1) is 0 Å². The maximum absolute atomic E-state index is 10.8. The Morgan fingerprint density at radius 3 is 2.57 bits per heavy atom. The van der Waals surface area contributed by atoms with Gasteiger partial charge in [0.15, 0.2) is 0 Å². The average molecular weight is 187 g/mol. The van der Waals surface area contributed by atoms with E-state index in [1.165, 1.54) is 18.2 Å². The second-order valence-electron chi connectivity index (χ2n) is 2.96. The molecule has 14 heavy (non-hydrogen) atoms. The van der Waals surface area contributed by atoms with E-state index in [1.54, 1.807) is 6.92 Å². The van der Waals surface area contributed by atoms with Crippen LogP contribution in [0.15, 0.2) is 24.8 Å². The van der Waals surface area contributed by atoms with Crippen LogP contribution in [0.3, 0.4) is 0 Å². The van der Waals surface area contributed by atoms with Gasteiger partial charge in [0.2, 0.25) is 0 Å². The Morgan fingerprint density at radius 1 is 1.50 bits per heavy atom. The van der Waals surface area contributed by atoms with Crippen LogP contribution in [0.1, 0.15) is 28.4 Å². The van der Waals surface area contributed by atoms with E-state index in [2.05, 4.69) is 6.58 Å². The van der Waals surface area contributed by atoms with Crippen LogP contribution in [0.2, 0.25) is 0 Å². The maximum Gasteiger partial charge on any atom is 0.336 e. The van der Waals surface area contributed by atoms with Crippen LogP contribution in [-0.2, 0) is 0 Å². The lowest BCUT2D eigenvalue weighted by atomic mass is 9.99. The minimum Gasteiger partial charge on any atom is -0.478 e. The highest BCUT2D eigenvalue weighted by Gasteiger charge is 2.10. The number of carbonyl (C=O) groups is 1. The van der Waals surface area contributed by atoms with E-state index in [4.69, 9.17) is 10.4 Å². The van der Waals surface area contributed by atoms with Crippen LogP contribution in [0, 0.1) is 11.3 Å². The van der Waals surface area contributed by atoms with Crippen molar-refractivity contribution < 1.29 is 9.90 Å². The molecule has 0 heterocycles. The lowest BCUT2D eigenvalue weighted by Gasteiger charge is -2.04. The van der Waals surface area contributed by atoms with Crippen molar-refractivity contribution in [3.8, 4) is 6.07 Å². The lowest BCUT2D eigenvalue weighted by molar-refractivity contribution is 0.0696. The largest absolute Gasteiger partial charge is 0.478 e. The Kier molecular flexibility index (Phi) is 2.68. The molecule has 1 rings (SSSR count). The van der Waals surface area contributed by atoms with E-state index < -0.39 is 5.97 Å². The van der Waals surface area contributed by atoms with Gasteiger partial charge in [0, 0.05) is 0 Å². The smallest absolute Gasteiger partial charge is 0.336 e. The summed E-state index contributed by atoms with van der Waals surface area (Å²) in [6.45, 7) is 5.38. The minimum atomic E-state index is -1.01. The van der Waals surface area contributed by atoms with E-state index in [0.717, 1.165) is 0 Å². The molecule has 0 bridgehead atoms. The summed E-state index contributed by atoms with van der Waals surface area (Å²) in [6, 6.07) is 6.39. The Bertz CT molecular complexity index is 441. The quantitative estimate of drug-likeness (QED) is 0.772. The van der Waals surface area contributed by atoms with Gasteiger partial charge < -0.3 is 5.11 Å². The number of hydrogen-bond donors (Lipinski definition) is 1. The van der Waals surface area contributed by atoms with Crippen molar-refractivity contribution in [3.63, 3.8) is 0 Å². The fraction of sp³-hybridized carbons (Fsp3) is 0.0909. The molecule has 0 aliphatic carbocycles. The first-order valence-corrected chi connectivity index (χ1v) is 3.99. The van der Waals surface area contributed by atoms with Crippen LogP contribution in [-0.4, -0.2) is 11.1 Å². The zero-order valence-corrected chi connectivity index (χ0v) is 7.74. The molecular weight excluding hydrogens is 178 g/mol. The van der Waals surface area contributed by atoms with E-state index in [-0.39, 0.29) is 5.56 Å². The predicted molar refractivity (Wildman–Crippen MR) is 52.8 cm³/mol. The summed E-state index contributed by atoms with van der Waals surface area (Å²) < 4.78 is 0. The van der Waals surface area contributed by atoms with Gasteiger partial charge in [0.1, 0.15) is 0 Å². The summed E-state index contributed by atoms with van der Waals surface area (Å²) in [7, 11) is 0. The second kappa shape index (κ2) is 3.75. The molecule has 0 saturated heterocycles. The highest BCUT2D eigenvalue weighted by Crippen LogP contribution is 2.19. The normalized spacial score (nSPS) is 9.14. The van der Waals surface area contributed by atoms with Gasteiger partial charge in [-0.2, -0.15) is 5.26 Å². The molecule has 0 aliphatic rings. The second-order valence-corrected chi connectivity index (χ2v) is 2.96. The number of benzene rings is 1. The molecule has 0 radical (unpaired) electrons. The van der Waals surface area contributed by atoms with E-state index in [1.807, 2.05) is 6.07 Å². The Balaban J connectivity index is 3.40. The van der Waals surface area contributed by atoms with Crippen LogP contribution >= 0.6 is 0 Å². The topological polar surface area (TPSA) is 61.1 Å². The molecule has 0 aliphatic heterocycles. The van der Waals surface area contributed by atoms with Gasteiger partial charge in [-0.25, -0.2) is 4.79 Å². The summed E-state index contributed by atoms with van der Waals surface area (Å²) in [5, 5.41) is 17.5. The minimum absolute atomic E-state index is 0.177. The van der Waals surface area contributed by atoms with Crippen molar-refractivity contribution in [1.82, 2.24) is 0 Å². The molecule has 0 saturated carbocycles. The van der Waals surface area contributed by atoms with Gasteiger partial charge in [-0.05, 0) is 30.7 Å². The van der Waals surface area contributed by atoms with Crippen LogP contribution in [0.5, 0.6) is 0 Å². The SMILES string of the molecule is C=C(C)c1cc(C#N)ccc1C(=O)O. The van der Waals surface area contributed by atoms with E-state index in [0.29, 0.717) is 16.7 Å². The van der Waals surface area contributed by atoms with Gasteiger partial charge in [0.05, 0.1) is 17.2 Å². The monoisotopic (exact) mass is 187 g/mol. The zero-order chi connectivity index (χ0) is 10.7.